The maximum atomic E-state index is 11.5. The van der Waals surface area contributed by atoms with Crippen molar-refractivity contribution in [1.29, 1.82) is 0 Å². The first kappa shape index (κ1) is 11.6. The number of nitrogens with zero attached hydrogens (tertiary/aromatic N) is 2. The lowest BCUT2D eigenvalue weighted by atomic mass is 9.86. The van der Waals surface area contributed by atoms with Gasteiger partial charge >= 0.3 is 0 Å². The zero-order valence-electron chi connectivity index (χ0n) is 9.74. The number of aromatic nitrogens is 2. The van der Waals surface area contributed by atoms with Gasteiger partial charge in [-0.25, -0.2) is 0 Å². The van der Waals surface area contributed by atoms with E-state index in [0.29, 0.717) is 23.3 Å². The Morgan fingerprint density at radius 3 is 2.94 bits per heavy atom. The fraction of sp³-hybridized carbons (Fsp3) is 0.667. The first-order valence-corrected chi connectivity index (χ1v) is 6.22. The molecule has 1 atom stereocenters. The predicted octanol–water partition coefficient (Wildman–Crippen LogP) is 3.34. The van der Waals surface area contributed by atoms with E-state index in [1.807, 2.05) is 4.68 Å². The minimum Gasteiger partial charge on any atom is -0.300 e. The van der Waals surface area contributed by atoms with Crippen LogP contribution in [0.3, 0.4) is 0 Å². The molecular weight excluding hydrogens is 224 g/mol. The van der Waals surface area contributed by atoms with Crippen molar-refractivity contribution in [3.63, 3.8) is 0 Å². The van der Waals surface area contributed by atoms with E-state index in [2.05, 4.69) is 18.9 Å². The van der Waals surface area contributed by atoms with E-state index in [0.717, 1.165) is 25.0 Å². The number of carbonyl (C=O) groups is 1. The van der Waals surface area contributed by atoms with Gasteiger partial charge in [0.25, 0.3) is 0 Å². The third-order valence-corrected chi connectivity index (χ3v) is 3.44. The molecule has 0 spiro atoms. The van der Waals surface area contributed by atoms with Gasteiger partial charge < -0.3 is 0 Å². The molecule has 2 rings (SSSR count). The highest BCUT2D eigenvalue weighted by Gasteiger charge is 2.26. The van der Waals surface area contributed by atoms with Gasteiger partial charge in [-0.15, -0.1) is 0 Å². The number of rotatable bonds is 2. The Morgan fingerprint density at radius 1 is 1.56 bits per heavy atom. The Hall–Kier alpha value is -0.830. The zero-order chi connectivity index (χ0) is 11.7. The van der Waals surface area contributed by atoms with Gasteiger partial charge in [0.2, 0.25) is 0 Å². The molecule has 1 aliphatic rings. The van der Waals surface area contributed by atoms with E-state index in [9.17, 15) is 4.79 Å². The summed E-state index contributed by atoms with van der Waals surface area (Å²) in [6.07, 6.45) is 5.06. The largest absolute Gasteiger partial charge is 0.300 e. The van der Waals surface area contributed by atoms with Crippen LogP contribution in [0.25, 0.3) is 0 Å². The molecule has 0 radical (unpaired) electrons. The molecule has 1 aromatic rings. The summed E-state index contributed by atoms with van der Waals surface area (Å²) in [7, 11) is 0. The second kappa shape index (κ2) is 4.58. The Labute approximate surface area is 101 Å². The molecule has 1 aliphatic carbocycles. The van der Waals surface area contributed by atoms with Gasteiger partial charge in [0, 0.05) is 24.8 Å². The topological polar surface area (TPSA) is 34.9 Å². The van der Waals surface area contributed by atoms with Crippen LogP contribution in [0.5, 0.6) is 0 Å². The number of Topliss-reactive ketones (excluding diaryl/α,β-unsaturated/α-hetero) is 1. The molecule has 1 heterocycles. The fourth-order valence-electron chi connectivity index (χ4n) is 2.40. The smallest absolute Gasteiger partial charge is 0.133 e. The summed E-state index contributed by atoms with van der Waals surface area (Å²) in [5.74, 6) is 0.613. The van der Waals surface area contributed by atoms with Gasteiger partial charge in [-0.05, 0) is 26.7 Å². The molecule has 0 aromatic carbocycles. The summed E-state index contributed by atoms with van der Waals surface area (Å²) >= 11 is 6.18. The molecule has 0 amide bonds. The van der Waals surface area contributed by atoms with E-state index in [-0.39, 0.29) is 5.92 Å². The highest BCUT2D eigenvalue weighted by atomic mass is 35.5. The van der Waals surface area contributed by atoms with Crippen molar-refractivity contribution >= 4 is 17.4 Å². The summed E-state index contributed by atoms with van der Waals surface area (Å²) < 4.78 is 1.95. The number of halogens is 1. The van der Waals surface area contributed by atoms with Crippen LogP contribution in [0, 0.1) is 0 Å². The first-order chi connectivity index (χ1) is 7.59. The van der Waals surface area contributed by atoms with Crippen LogP contribution in [0.4, 0.5) is 0 Å². The molecule has 0 N–H and O–H groups in total. The third-order valence-electron chi connectivity index (χ3n) is 3.15. The maximum Gasteiger partial charge on any atom is 0.133 e. The predicted molar refractivity (Wildman–Crippen MR) is 63.8 cm³/mol. The summed E-state index contributed by atoms with van der Waals surface area (Å²) in [4.78, 5) is 11.5. The van der Waals surface area contributed by atoms with Crippen molar-refractivity contribution in [2.75, 3.05) is 0 Å². The van der Waals surface area contributed by atoms with Crippen LogP contribution in [-0.2, 0) is 4.79 Å². The number of hydrogen-bond donors (Lipinski definition) is 0. The second-order valence-corrected chi connectivity index (χ2v) is 5.16. The van der Waals surface area contributed by atoms with Gasteiger partial charge in [0.15, 0.2) is 0 Å². The second-order valence-electron chi connectivity index (χ2n) is 4.75. The lowest BCUT2D eigenvalue weighted by molar-refractivity contribution is -0.120. The minimum atomic E-state index is 0.263. The third kappa shape index (κ3) is 2.14. The van der Waals surface area contributed by atoms with Crippen molar-refractivity contribution in [2.45, 2.75) is 51.5 Å². The number of hydrogen-bond acceptors (Lipinski definition) is 2. The van der Waals surface area contributed by atoms with Gasteiger partial charge in [0.05, 0.1) is 16.9 Å². The van der Waals surface area contributed by atoms with Gasteiger partial charge in [-0.1, -0.05) is 11.6 Å². The summed E-state index contributed by atoms with van der Waals surface area (Å²) in [5.41, 5.74) is 1.05. The van der Waals surface area contributed by atoms with E-state index >= 15 is 0 Å². The number of carbonyl (C=O) groups excluding carboxylic acids is 1. The first-order valence-electron chi connectivity index (χ1n) is 5.84. The Bertz CT molecular complexity index is 398. The van der Waals surface area contributed by atoms with Gasteiger partial charge in [-0.3, -0.25) is 9.48 Å². The molecule has 4 heteroatoms. The standard InChI is InChI=1S/C12H17ClN2O/c1-8(2)15-12(11(13)7-14-15)9-4-3-5-10(16)6-9/h7-9H,3-6H2,1-2H3. The van der Waals surface area contributed by atoms with Crippen LogP contribution in [0.15, 0.2) is 6.20 Å². The monoisotopic (exact) mass is 240 g/mol. The summed E-state index contributed by atoms with van der Waals surface area (Å²) in [5, 5.41) is 4.99. The SMILES string of the molecule is CC(C)n1ncc(Cl)c1C1CCCC(=O)C1. The Balaban J connectivity index is 2.31. The highest BCUT2D eigenvalue weighted by Crippen LogP contribution is 2.35. The summed E-state index contributed by atoms with van der Waals surface area (Å²) in [6.45, 7) is 4.16. The van der Waals surface area contributed by atoms with Crippen LogP contribution in [0.2, 0.25) is 5.02 Å². The molecule has 1 fully saturated rings. The number of ketones is 1. The van der Waals surface area contributed by atoms with Crippen LogP contribution >= 0.6 is 11.6 Å². The molecule has 16 heavy (non-hydrogen) atoms. The van der Waals surface area contributed by atoms with Crippen LogP contribution in [0.1, 0.15) is 57.2 Å². The van der Waals surface area contributed by atoms with Crippen molar-refractivity contribution in [3.8, 4) is 0 Å². The quantitative estimate of drug-likeness (QED) is 0.795. The highest BCUT2D eigenvalue weighted by molar-refractivity contribution is 6.31. The molecule has 0 saturated heterocycles. The minimum absolute atomic E-state index is 0.263. The lowest BCUT2D eigenvalue weighted by Crippen LogP contribution is -2.18. The fourth-order valence-corrected chi connectivity index (χ4v) is 2.69. The molecule has 0 bridgehead atoms. The lowest BCUT2D eigenvalue weighted by Gasteiger charge is -2.23. The van der Waals surface area contributed by atoms with Crippen molar-refractivity contribution < 1.29 is 4.79 Å². The molecular formula is C12H17ClN2O. The zero-order valence-corrected chi connectivity index (χ0v) is 10.5. The van der Waals surface area contributed by atoms with Crippen LogP contribution < -0.4 is 0 Å². The normalized spacial score (nSPS) is 21.8. The van der Waals surface area contributed by atoms with Gasteiger partial charge in [-0.2, -0.15) is 5.10 Å². The van der Waals surface area contributed by atoms with Crippen molar-refractivity contribution in [3.05, 3.63) is 16.9 Å². The van der Waals surface area contributed by atoms with Crippen molar-refractivity contribution in [1.82, 2.24) is 9.78 Å². The van der Waals surface area contributed by atoms with E-state index < -0.39 is 0 Å². The average Bonchev–Trinajstić information content (AvgIpc) is 2.60. The molecule has 1 saturated carbocycles. The molecule has 1 aromatic heterocycles. The summed E-state index contributed by atoms with van der Waals surface area (Å²) in [6, 6.07) is 0.291. The van der Waals surface area contributed by atoms with E-state index in [1.165, 1.54) is 0 Å². The molecule has 0 aliphatic heterocycles. The van der Waals surface area contributed by atoms with Gasteiger partial charge in [0.1, 0.15) is 5.78 Å². The average molecular weight is 241 g/mol. The molecule has 1 unspecified atom stereocenters. The molecule has 88 valence electrons. The maximum absolute atomic E-state index is 11.5. The Kier molecular flexibility index (Phi) is 3.33. The Morgan fingerprint density at radius 2 is 2.31 bits per heavy atom. The van der Waals surface area contributed by atoms with Crippen LogP contribution in [-0.4, -0.2) is 15.6 Å². The van der Waals surface area contributed by atoms with E-state index in [1.54, 1.807) is 6.20 Å². The molecule has 3 nitrogen and oxygen atoms in total. The van der Waals surface area contributed by atoms with Crippen molar-refractivity contribution in [2.24, 2.45) is 0 Å². The van der Waals surface area contributed by atoms with E-state index in [4.69, 9.17) is 11.6 Å².